The first-order chi connectivity index (χ1) is 16.2. The van der Waals surface area contributed by atoms with E-state index in [0.717, 1.165) is 18.4 Å². The summed E-state index contributed by atoms with van der Waals surface area (Å²) in [5.41, 5.74) is 7.53. The second-order valence-corrected chi connectivity index (χ2v) is 9.27. The predicted octanol–water partition coefficient (Wildman–Crippen LogP) is 2.68. The summed E-state index contributed by atoms with van der Waals surface area (Å²) < 4.78 is 15.8. The third kappa shape index (κ3) is 5.70. The molecule has 1 unspecified atom stereocenters. The highest BCUT2D eigenvalue weighted by Gasteiger charge is 2.30. The molecule has 0 radical (unpaired) electrons. The average molecular weight is 502 g/mol. The number of aliphatic hydroxyl groups is 1. The molecule has 3 heterocycles. The van der Waals surface area contributed by atoms with E-state index in [4.69, 9.17) is 11.0 Å². The van der Waals surface area contributed by atoms with Crippen molar-refractivity contribution in [3.8, 4) is 17.5 Å². The highest BCUT2D eigenvalue weighted by molar-refractivity contribution is 6.00. The summed E-state index contributed by atoms with van der Waals surface area (Å²) in [6, 6.07) is 9.43. The van der Waals surface area contributed by atoms with E-state index in [1.54, 1.807) is 16.6 Å². The number of amides is 1. The quantitative estimate of drug-likeness (QED) is 0.371. The Labute approximate surface area is 208 Å². The smallest absolute Gasteiger partial charge is 0.255 e. The Morgan fingerprint density at radius 1 is 1.37 bits per heavy atom. The van der Waals surface area contributed by atoms with E-state index in [0.29, 0.717) is 35.1 Å². The first-order valence-corrected chi connectivity index (χ1v) is 11.2. The van der Waals surface area contributed by atoms with Crippen LogP contribution in [0.5, 0.6) is 0 Å². The number of pyridine rings is 1. The van der Waals surface area contributed by atoms with Gasteiger partial charge in [0.2, 0.25) is 0 Å². The number of nitrogens with one attached hydrogen (secondary N) is 2. The van der Waals surface area contributed by atoms with Gasteiger partial charge in [0.05, 0.1) is 52.1 Å². The number of halogens is 2. The Morgan fingerprint density at radius 3 is 2.77 bits per heavy atom. The normalized spacial score (nSPS) is 18.2. The SMILES string of the molecule is CC(C)(O)C(F)CNC(=O)c1cnc(-c2ccc3cc(C#N)cnn23)cc1NC1CC(CN)C1.Cl. The van der Waals surface area contributed by atoms with Crippen molar-refractivity contribution in [3.05, 3.63) is 47.8 Å². The lowest BCUT2D eigenvalue weighted by Gasteiger charge is -2.36. The lowest BCUT2D eigenvalue weighted by atomic mass is 9.80. The van der Waals surface area contributed by atoms with E-state index in [2.05, 4.69) is 26.8 Å². The third-order valence-electron chi connectivity index (χ3n) is 6.18. The number of aromatic nitrogens is 3. The Morgan fingerprint density at radius 2 is 2.11 bits per heavy atom. The largest absolute Gasteiger partial charge is 0.387 e. The van der Waals surface area contributed by atoms with Crippen LogP contribution >= 0.6 is 12.4 Å². The van der Waals surface area contributed by atoms with Crippen LogP contribution in [0.25, 0.3) is 16.9 Å². The van der Waals surface area contributed by atoms with Crippen LogP contribution in [0.2, 0.25) is 0 Å². The number of nitrogens with two attached hydrogens (primary N) is 1. The molecule has 1 amide bonds. The van der Waals surface area contributed by atoms with E-state index in [1.807, 2.05) is 12.1 Å². The molecule has 3 aromatic heterocycles. The molecule has 9 nitrogen and oxygen atoms in total. The zero-order valence-electron chi connectivity index (χ0n) is 19.5. The van der Waals surface area contributed by atoms with E-state index in [1.165, 1.54) is 26.2 Å². The zero-order valence-corrected chi connectivity index (χ0v) is 20.3. The van der Waals surface area contributed by atoms with Gasteiger partial charge in [0, 0.05) is 12.2 Å². The van der Waals surface area contributed by atoms with Crippen LogP contribution in [0.1, 0.15) is 42.6 Å². The molecule has 0 aliphatic heterocycles. The first kappa shape index (κ1) is 26.3. The molecule has 1 saturated carbocycles. The maximum Gasteiger partial charge on any atom is 0.255 e. The highest BCUT2D eigenvalue weighted by Crippen LogP contribution is 2.32. The van der Waals surface area contributed by atoms with Gasteiger partial charge in [-0.15, -0.1) is 12.4 Å². The minimum absolute atomic E-state index is 0. The number of nitrogens with zero attached hydrogens (tertiary/aromatic N) is 4. The van der Waals surface area contributed by atoms with Gasteiger partial charge in [-0.2, -0.15) is 10.4 Å². The number of rotatable bonds is 8. The predicted molar refractivity (Wildman–Crippen MR) is 133 cm³/mol. The van der Waals surface area contributed by atoms with E-state index >= 15 is 0 Å². The Kier molecular flexibility index (Phi) is 7.95. The monoisotopic (exact) mass is 501 g/mol. The van der Waals surface area contributed by atoms with Gasteiger partial charge in [-0.05, 0) is 63.4 Å². The minimum Gasteiger partial charge on any atom is -0.387 e. The molecule has 5 N–H and O–H groups in total. The van der Waals surface area contributed by atoms with Crippen molar-refractivity contribution in [2.45, 2.75) is 44.5 Å². The van der Waals surface area contributed by atoms with Crippen molar-refractivity contribution in [3.63, 3.8) is 0 Å². The number of anilines is 1. The van der Waals surface area contributed by atoms with Crippen LogP contribution in [0.4, 0.5) is 10.1 Å². The average Bonchev–Trinajstić information content (AvgIpc) is 3.21. The summed E-state index contributed by atoms with van der Waals surface area (Å²) in [5.74, 6) is -0.0387. The molecular weight excluding hydrogens is 473 g/mol. The molecule has 0 spiro atoms. The van der Waals surface area contributed by atoms with E-state index in [9.17, 15) is 14.3 Å². The van der Waals surface area contributed by atoms with Crippen LogP contribution in [-0.4, -0.2) is 56.5 Å². The Hall–Kier alpha value is -3.26. The standard InChI is InChI=1S/C24H28FN7O2.ClH/c1-24(2,34)22(25)13-29-23(33)18-12-28-20(8-19(18)31-16-5-14(6-16)9-26)21-4-3-17-7-15(10-27)11-30-32(17)21;/h3-4,7-8,11-12,14,16,22,34H,5-6,9,13,26H2,1-2H3,(H,28,31)(H,29,33);1H. The van der Waals surface area contributed by atoms with Gasteiger partial charge in [-0.3, -0.25) is 9.78 Å². The van der Waals surface area contributed by atoms with Crippen molar-refractivity contribution in [1.82, 2.24) is 19.9 Å². The fourth-order valence-electron chi connectivity index (χ4n) is 3.94. The maximum absolute atomic E-state index is 14.2. The number of carbonyl (C=O) groups excluding carboxylic acids is 1. The summed E-state index contributed by atoms with van der Waals surface area (Å²) >= 11 is 0. The summed E-state index contributed by atoms with van der Waals surface area (Å²) in [7, 11) is 0. The second-order valence-electron chi connectivity index (χ2n) is 9.27. The third-order valence-corrected chi connectivity index (χ3v) is 6.18. The van der Waals surface area contributed by atoms with Gasteiger partial charge in [-0.1, -0.05) is 0 Å². The molecule has 35 heavy (non-hydrogen) atoms. The summed E-state index contributed by atoms with van der Waals surface area (Å²) in [6.07, 6.45) is 3.11. The van der Waals surface area contributed by atoms with Crippen LogP contribution < -0.4 is 16.4 Å². The molecule has 0 saturated heterocycles. The highest BCUT2D eigenvalue weighted by atomic mass is 35.5. The van der Waals surface area contributed by atoms with Gasteiger partial charge >= 0.3 is 0 Å². The second kappa shape index (κ2) is 10.6. The Balaban J connectivity index is 0.00000342. The summed E-state index contributed by atoms with van der Waals surface area (Å²) in [6.45, 7) is 3.01. The van der Waals surface area contributed by atoms with Gasteiger partial charge in [0.25, 0.3) is 5.91 Å². The molecule has 1 atom stereocenters. The molecule has 0 bridgehead atoms. The molecule has 1 aliphatic rings. The van der Waals surface area contributed by atoms with Gasteiger partial charge < -0.3 is 21.5 Å². The van der Waals surface area contributed by atoms with Gasteiger partial charge in [0.15, 0.2) is 0 Å². The maximum atomic E-state index is 14.2. The number of nitriles is 1. The fourth-order valence-corrected chi connectivity index (χ4v) is 3.94. The van der Waals surface area contributed by atoms with Crippen LogP contribution in [-0.2, 0) is 0 Å². The molecule has 0 aromatic carbocycles. The van der Waals surface area contributed by atoms with Gasteiger partial charge in [0.1, 0.15) is 12.2 Å². The van der Waals surface area contributed by atoms with Crippen LogP contribution in [0.15, 0.2) is 36.7 Å². The van der Waals surface area contributed by atoms with Crippen molar-refractivity contribution >= 4 is 29.5 Å². The van der Waals surface area contributed by atoms with Crippen molar-refractivity contribution in [2.75, 3.05) is 18.4 Å². The topological polar surface area (TPSA) is 141 Å². The molecule has 1 aliphatic carbocycles. The number of hydrogen-bond donors (Lipinski definition) is 4. The van der Waals surface area contributed by atoms with E-state index in [-0.39, 0.29) is 30.6 Å². The summed E-state index contributed by atoms with van der Waals surface area (Å²) in [5, 5.41) is 29.2. The molecule has 4 rings (SSSR count). The Bertz CT molecular complexity index is 1240. The lowest BCUT2D eigenvalue weighted by molar-refractivity contribution is -0.00177. The minimum atomic E-state index is -1.62. The van der Waals surface area contributed by atoms with Crippen molar-refractivity contribution in [2.24, 2.45) is 11.7 Å². The van der Waals surface area contributed by atoms with Crippen LogP contribution in [0, 0.1) is 17.2 Å². The van der Waals surface area contributed by atoms with E-state index < -0.39 is 17.7 Å². The lowest BCUT2D eigenvalue weighted by Crippen LogP contribution is -2.42. The summed E-state index contributed by atoms with van der Waals surface area (Å²) in [4.78, 5) is 17.3. The molecule has 3 aromatic rings. The fraction of sp³-hybridized carbons (Fsp3) is 0.417. The number of hydrogen-bond acceptors (Lipinski definition) is 7. The van der Waals surface area contributed by atoms with Gasteiger partial charge in [-0.25, -0.2) is 8.91 Å². The molecule has 186 valence electrons. The zero-order chi connectivity index (χ0) is 24.5. The van der Waals surface area contributed by atoms with Crippen molar-refractivity contribution < 1.29 is 14.3 Å². The number of alkyl halides is 1. The first-order valence-electron chi connectivity index (χ1n) is 11.2. The number of carbonyl (C=O) groups is 1. The molecule has 11 heteroatoms. The molecule has 1 fully saturated rings. The van der Waals surface area contributed by atoms with Crippen LogP contribution in [0.3, 0.4) is 0 Å². The van der Waals surface area contributed by atoms with Crippen molar-refractivity contribution in [1.29, 1.82) is 5.26 Å². The number of fused-ring (bicyclic) bond motifs is 1. The molecular formula is C24H29ClFN7O2.